The van der Waals surface area contributed by atoms with Gasteiger partial charge >= 0.3 is 0 Å². The fraction of sp³-hybridized carbons (Fsp3) is 0.136. The van der Waals surface area contributed by atoms with Crippen LogP contribution < -0.4 is 5.32 Å². The molecule has 3 aromatic carbocycles. The Bertz CT molecular complexity index is 1040. The highest BCUT2D eigenvalue weighted by Gasteiger charge is 2.15. The standard InChI is InChI=1S/C22H20N2O/c1-15-11-12-17(13-16(15)2)23-14-22(25)24-20-9-5-3-7-18(20)19-8-4-6-10-21(19)24/h3-13,23H,14H2,1-2H3. The molecular weight excluding hydrogens is 308 g/mol. The van der Waals surface area contributed by atoms with Crippen molar-refractivity contribution in [2.24, 2.45) is 0 Å². The molecule has 4 aromatic rings. The number of fused-ring (bicyclic) bond motifs is 3. The molecule has 3 nitrogen and oxygen atoms in total. The lowest BCUT2D eigenvalue weighted by atomic mass is 10.1. The Hall–Kier alpha value is -3.07. The van der Waals surface area contributed by atoms with E-state index in [2.05, 4.69) is 43.4 Å². The number of rotatable bonds is 3. The van der Waals surface area contributed by atoms with E-state index in [1.807, 2.05) is 47.0 Å². The minimum absolute atomic E-state index is 0.0376. The van der Waals surface area contributed by atoms with Crippen molar-refractivity contribution in [3.8, 4) is 0 Å². The Morgan fingerprint density at radius 3 is 2.04 bits per heavy atom. The van der Waals surface area contributed by atoms with E-state index in [1.54, 1.807) is 0 Å². The van der Waals surface area contributed by atoms with Gasteiger partial charge in [-0.3, -0.25) is 9.36 Å². The lowest BCUT2D eigenvalue weighted by molar-refractivity contribution is 0.0938. The molecule has 0 aliphatic heterocycles. The molecular formula is C22H20N2O. The fourth-order valence-electron chi connectivity index (χ4n) is 3.30. The van der Waals surface area contributed by atoms with Crippen molar-refractivity contribution >= 4 is 33.4 Å². The average Bonchev–Trinajstić information content (AvgIpc) is 2.97. The van der Waals surface area contributed by atoms with E-state index in [9.17, 15) is 4.79 Å². The van der Waals surface area contributed by atoms with Crippen LogP contribution in [0.4, 0.5) is 5.69 Å². The van der Waals surface area contributed by atoms with E-state index in [4.69, 9.17) is 0 Å². The maximum atomic E-state index is 13.0. The van der Waals surface area contributed by atoms with Crippen molar-refractivity contribution in [2.75, 3.05) is 11.9 Å². The second kappa shape index (κ2) is 6.10. The fourth-order valence-corrected chi connectivity index (χ4v) is 3.30. The van der Waals surface area contributed by atoms with Crippen LogP contribution >= 0.6 is 0 Å². The van der Waals surface area contributed by atoms with Crippen LogP contribution in [-0.2, 0) is 0 Å². The zero-order chi connectivity index (χ0) is 17.4. The van der Waals surface area contributed by atoms with E-state index in [-0.39, 0.29) is 12.5 Å². The van der Waals surface area contributed by atoms with Crippen molar-refractivity contribution in [1.82, 2.24) is 4.57 Å². The Morgan fingerprint density at radius 2 is 1.44 bits per heavy atom. The summed E-state index contributed by atoms with van der Waals surface area (Å²) >= 11 is 0. The van der Waals surface area contributed by atoms with Gasteiger partial charge in [-0.1, -0.05) is 42.5 Å². The van der Waals surface area contributed by atoms with Crippen LogP contribution in [-0.4, -0.2) is 17.0 Å². The molecule has 0 amide bonds. The zero-order valence-electron chi connectivity index (χ0n) is 14.4. The molecule has 1 aromatic heterocycles. The van der Waals surface area contributed by atoms with Gasteiger partial charge in [0, 0.05) is 16.5 Å². The van der Waals surface area contributed by atoms with Gasteiger partial charge in [0.05, 0.1) is 17.6 Å². The molecule has 0 spiro atoms. The summed E-state index contributed by atoms with van der Waals surface area (Å²) in [5.41, 5.74) is 5.34. The number of anilines is 1. The molecule has 0 saturated heterocycles. The van der Waals surface area contributed by atoms with Crippen molar-refractivity contribution in [2.45, 2.75) is 13.8 Å². The van der Waals surface area contributed by atoms with E-state index in [0.717, 1.165) is 27.5 Å². The third-order valence-electron chi connectivity index (χ3n) is 4.78. The largest absolute Gasteiger partial charge is 0.376 e. The first-order valence-corrected chi connectivity index (χ1v) is 8.47. The number of benzene rings is 3. The Balaban J connectivity index is 1.70. The third kappa shape index (κ3) is 2.68. The molecule has 124 valence electrons. The Kier molecular flexibility index (Phi) is 3.77. The van der Waals surface area contributed by atoms with Crippen LogP contribution in [0, 0.1) is 13.8 Å². The van der Waals surface area contributed by atoms with Crippen LogP contribution in [0.5, 0.6) is 0 Å². The van der Waals surface area contributed by atoms with Crippen LogP contribution in [0.25, 0.3) is 21.8 Å². The molecule has 0 bridgehead atoms. The highest BCUT2D eigenvalue weighted by atomic mass is 16.2. The predicted molar refractivity (Wildman–Crippen MR) is 104 cm³/mol. The monoisotopic (exact) mass is 328 g/mol. The summed E-state index contributed by atoms with van der Waals surface area (Å²) in [6.45, 7) is 4.42. The van der Waals surface area contributed by atoms with E-state index in [0.29, 0.717) is 0 Å². The van der Waals surface area contributed by atoms with Gasteiger partial charge in [0.1, 0.15) is 0 Å². The summed E-state index contributed by atoms with van der Waals surface area (Å²) in [4.78, 5) is 13.0. The molecule has 1 N–H and O–H groups in total. The normalized spacial score (nSPS) is 11.1. The quantitative estimate of drug-likeness (QED) is 0.563. The second-order valence-corrected chi connectivity index (χ2v) is 6.42. The minimum atomic E-state index is 0.0376. The van der Waals surface area contributed by atoms with Gasteiger partial charge in [-0.2, -0.15) is 0 Å². The highest BCUT2D eigenvalue weighted by molar-refractivity contribution is 6.13. The Morgan fingerprint density at radius 1 is 0.840 bits per heavy atom. The second-order valence-electron chi connectivity index (χ2n) is 6.42. The number of hydrogen-bond donors (Lipinski definition) is 1. The first-order valence-electron chi connectivity index (χ1n) is 8.47. The first kappa shape index (κ1) is 15.5. The van der Waals surface area contributed by atoms with Crippen molar-refractivity contribution < 1.29 is 4.79 Å². The average molecular weight is 328 g/mol. The molecule has 4 rings (SSSR count). The number of carbonyl (C=O) groups excluding carboxylic acids is 1. The number of aryl methyl sites for hydroxylation is 2. The number of para-hydroxylation sites is 2. The molecule has 0 radical (unpaired) electrons. The van der Waals surface area contributed by atoms with Gasteiger partial charge in [-0.05, 0) is 49.2 Å². The molecule has 0 aliphatic carbocycles. The molecule has 0 unspecified atom stereocenters. The summed E-state index contributed by atoms with van der Waals surface area (Å²) in [7, 11) is 0. The van der Waals surface area contributed by atoms with Gasteiger partial charge in [-0.25, -0.2) is 0 Å². The van der Waals surface area contributed by atoms with Gasteiger partial charge in [-0.15, -0.1) is 0 Å². The van der Waals surface area contributed by atoms with Crippen molar-refractivity contribution in [3.05, 3.63) is 77.9 Å². The van der Waals surface area contributed by atoms with E-state index >= 15 is 0 Å². The number of nitrogens with one attached hydrogen (secondary N) is 1. The summed E-state index contributed by atoms with van der Waals surface area (Å²) in [6, 6.07) is 22.3. The maximum Gasteiger partial charge on any atom is 0.250 e. The van der Waals surface area contributed by atoms with Crippen LogP contribution in [0.15, 0.2) is 66.7 Å². The van der Waals surface area contributed by atoms with Gasteiger partial charge in [0.25, 0.3) is 5.91 Å². The molecule has 1 heterocycles. The van der Waals surface area contributed by atoms with Crippen LogP contribution in [0.1, 0.15) is 15.9 Å². The number of nitrogens with zero attached hydrogens (tertiary/aromatic N) is 1. The molecule has 3 heteroatoms. The molecule has 0 aliphatic rings. The summed E-state index contributed by atoms with van der Waals surface area (Å²) < 4.78 is 1.82. The van der Waals surface area contributed by atoms with E-state index < -0.39 is 0 Å². The molecule has 0 atom stereocenters. The number of aromatic nitrogens is 1. The van der Waals surface area contributed by atoms with Crippen molar-refractivity contribution in [1.29, 1.82) is 0 Å². The first-order chi connectivity index (χ1) is 12.1. The Labute approximate surface area is 146 Å². The van der Waals surface area contributed by atoms with Crippen LogP contribution in [0.3, 0.4) is 0 Å². The summed E-state index contributed by atoms with van der Waals surface area (Å²) in [5.74, 6) is 0.0376. The van der Waals surface area contributed by atoms with Gasteiger partial charge < -0.3 is 5.32 Å². The molecule has 0 fully saturated rings. The maximum absolute atomic E-state index is 13.0. The lowest BCUT2D eigenvalue weighted by Crippen LogP contribution is -2.20. The summed E-state index contributed by atoms with van der Waals surface area (Å²) in [6.07, 6.45) is 0. The van der Waals surface area contributed by atoms with Gasteiger partial charge in [0.15, 0.2) is 0 Å². The SMILES string of the molecule is Cc1ccc(NCC(=O)n2c3ccccc3c3ccccc32)cc1C. The van der Waals surface area contributed by atoms with E-state index in [1.165, 1.54) is 11.1 Å². The van der Waals surface area contributed by atoms with Crippen molar-refractivity contribution in [3.63, 3.8) is 0 Å². The number of carbonyl (C=O) groups is 1. The highest BCUT2D eigenvalue weighted by Crippen LogP contribution is 2.28. The smallest absolute Gasteiger partial charge is 0.250 e. The topological polar surface area (TPSA) is 34.0 Å². The number of hydrogen-bond acceptors (Lipinski definition) is 2. The molecule has 0 saturated carbocycles. The van der Waals surface area contributed by atoms with Gasteiger partial charge in [0.2, 0.25) is 0 Å². The summed E-state index contributed by atoms with van der Waals surface area (Å²) in [5, 5.41) is 5.48. The lowest BCUT2D eigenvalue weighted by Gasteiger charge is -2.10. The minimum Gasteiger partial charge on any atom is -0.376 e. The predicted octanol–water partition coefficient (Wildman–Crippen LogP) is 5.16. The third-order valence-corrected chi connectivity index (χ3v) is 4.78. The zero-order valence-corrected chi connectivity index (χ0v) is 14.4. The van der Waals surface area contributed by atoms with Crippen LogP contribution in [0.2, 0.25) is 0 Å². The molecule has 25 heavy (non-hydrogen) atoms.